The summed E-state index contributed by atoms with van der Waals surface area (Å²) in [7, 11) is -3.85. The number of hydrogen-bond donors (Lipinski definition) is 3. The van der Waals surface area contributed by atoms with Gasteiger partial charge in [-0.05, 0) is 78.7 Å². The van der Waals surface area contributed by atoms with E-state index in [1.165, 1.54) is 43.3 Å². The molecule has 0 aliphatic heterocycles. The molecule has 40 heavy (non-hydrogen) atoms. The van der Waals surface area contributed by atoms with Crippen LogP contribution in [-0.2, 0) is 14.8 Å². The van der Waals surface area contributed by atoms with Gasteiger partial charge in [0.2, 0.25) is 0 Å². The van der Waals surface area contributed by atoms with Gasteiger partial charge in [0.25, 0.3) is 15.9 Å². The molecule has 9 nitrogen and oxygen atoms in total. The number of esters is 1. The third-order valence-electron chi connectivity index (χ3n) is 5.99. The molecule has 1 heterocycles. The standard InChI is InChI=1S/C30H25N3O6S/c1-19(31)30(35)38-25-14-12-24(13-15-25)33-40(36,37)26-16-8-21(9-17-26)20-6-10-23(11-7-20)32-29(34)28-18-22-4-2-3-5-27(22)39-28/h2-19,33H,31H2,1H3,(H,32,34)/t19-/m0/s1. The van der Waals surface area contributed by atoms with Crippen molar-refractivity contribution in [3.8, 4) is 16.9 Å². The van der Waals surface area contributed by atoms with Gasteiger partial charge in [0, 0.05) is 16.8 Å². The zero-order valence-electron chi connectivity index (χ0n) is 21.3. The summed E-state index contributed by atoms with van der Waals surface area (Å²) < 4.78 is 38.9. The van der Waals surface area contributed by atoms with Gasteiger partial charge < -0.3 is 20.2 Å². The number of nitrogens with one attached hydrogen (secondary N) is 2. The van der Waals surface area contributed by atoms with Crippen LogP contribution in [0.1, 0.15) is 17.5 Å². The summed E-state index contributed by atoms with van der Waals surface area (Å²) in [6.07, 6.45) is 0. The normalized spacial score (nSPS) is 12.1. The van der Waals surface area contributed by atoms with Crippen LogP contribution in [0.15, 0.2) is 112 Å². The number of carbonyl (C=O) groups excluding carboxylic acids is 2. The molecule has 0 saturated heterocycles. The van der Waals surface area contributed by atoms with E-state index < -0.39 is 22.0 Å². The highest BCUT2D eigenvalue weighted by Crippen LogP contribution is 2.26. The first-order valence-electron chi connectivity index (χ1n) is 12.3. The Morgan fingerprint density at radius 1 is 0.825 bits per heavy atom. The minimum atomic E-state index is -3.85. The Bertz CT molecular complexity index is 1740. The second kappa shape index (κ2) is 11.0. The average molecular weight is 556 g/mol. The number of para-hydroxylation sites is 1. The molecule has 0 aliphatic rings. The number of amides is 1. The molecule has 5 rings (SSSR count). The summed E-state index contributed by atoms with van der Waals surface area (Å²) >= 11 is 0. The SMILES string of the molecule is C[C@H](N)C(=O)Oc1ccc(NS(=O)(=O)c2ccc(-c3ccc(NC(=O)c4cc5ccccc5o4)cc3)cc2)cc1. The van der Waals surface area contributed by atoms with Crippen molar-refractivity contribution < 1.29 is 27.2 Å². The third kappa shape index (κ3) is 6.04. The Balaban J connectivity index is 1.22. The van der Waals surface area contributed by atoms with Gasteiger partial charge in [-0.15, -0.1) is 0 Å². The van der Waals surface area contributed by atoms with Crippen LogP contribution in [0.4, 0.5) is 11.4 Å². The summed E-state index contributed by atoms with van der Waals surface area (Å²) in [6, 6.07) is 27.8. The zero-order chi connectivity index (χ0) is 28.3. The van der Waals surface area contributed by atoms with E-state index in [1.807, 2.05) is 30.3 Å². The summed E-state index contributed by atoms with van der Waals surface area (Å²) in [5, 5.41) is 3.67. The summed E-state index contributed by atoms with van der Waals surface area (Å²) in [4.78, 5) is 24.3. The Labute approximate surface area is 230 Å². The summed E-state index contributed by atoms with van der Waals surface area (Å²) in [5.74, 6) is -0.465. The molecule has 1 amide bonds. The van der Waals surface area contributed by atoms with Crippen molar-refractivity contribution >= 4 is 44.2 Å². The lowest BCUT2D eigenvalue weighted by Crippen LogP contribution is -2.30. The summed E-state index contributed by atoms with van der Waals surface area (Å²) in [5.41, 5.74) is 8.67. The Morgan fingerprint density at radius 2 is 1.43 bits per heavy atom. The van der Waals surface area contributed by atoms with Crippen LogP contribution >= 0.6 is 0 Å². The Kier molecular flexibility index (Phi) is 7.37. The van der Waals surface area contributed by atoms with Crippen molar-refractivity contribution in [1.82, 2.24) is 0 Å². The van der Waals surface area contributed by atoms with Crippen molar-refractivity contribution in [2.75, 3.05) is 10.0 Å². The molecule has 4 aromatic carbocycles. The highest BCUT2D eigenvalue weighted by molar-refractivity contribution is 7.92. The lowest BCUT2D eigenvalue weighted by atomic mass is 10.1. The minimum absolute atomic E-state index is 0.0819. The average Bonchev–Trinajstić information content (AvgIpc) is 3.39. The molecule has 0 spiro atoms. The number of ether oxygens (including phenoxy) is 1. The second-order valence-corrected chi connectivity index (χ2v) is 10.7. The maximum atomic E-state index is 12.9. The van der Waals surface area contributed by atoms with Gasteiger partial charge in [-0.1, -0.05) is 42.5 Å². The number of fused-ring (bicyclic) bond motifs is 1. The molecule has 0 radical (unpaired) electrons. The molecule has 4 N–H and O–H groups in total. The smallest absolute Gasteiger partial charge is 0.328 e. The van der Waals surface area contributed by atoms with Crippen LogP contribution < -0.4 is 20.5 Å². The van der Waals surface area contributed by atoms with Gasteiger partial charge in [0.15, 0.2) is 5.76 Å². The van der Waals surface area contributed by atoms with Crippen LogP contribution in [0.5, 0.6) is 5.75 Å². The predicted octanol–water partition coefficient (Wildman–Crippen LogP) is 5.41. The number of sulfonamides is 1. The first kappa shape index (κ1) is 26.7. The van der Waals surface area contributed by atoms with E-state index in [4.69, 9.17) is 14.9 Å². The van der Waals surface area contributed by atoms with Crippen LogP contribution in [0.25, 0.3) is 22.1 Å². The van der Waals surface area contributed by atoms with Crippen molar-refractivity contribution in [2.45, 2.75) is 17.9 Å². The van der Waals surface area contributed by atoms with E-state index in [2.05, 4.69) is 10.0 Å². The molecular formula is C30H25N3O6S. The number of carbonyl (C=O) groups is 2. The predicted molar refractivity (Wildman–Crippen MR) is 153 cm³/mol. The van der Waals surface area contributed by atoms with Gasteiger partial charge in [-0.25, -0.2) is 13.2 Å². The molecule has 202 valence electrons. The molecule has 0 aliphatic carbocycles. The number of benzene rings is 4. The van der Waals surface area contributed by atoms with Gasteiger partial charge in [-0.2, -0.15) is 0 Å². The molecule has 1 atom stereocenters. The zero-order valence-corrected chi connectivity index (χ0v) is 22.1. The Hall–Kier alpha value is -4.93. The first-order chi connectivity index (χ1) is 19.2. The molecule has 10 heteroatoms. The summed E-state index contributed by atoms with van der Waals surface area (Å²) in [6.45, 7) is 1.51. The lowest BCUT2D eigenvalue weighted by Gasteiger charge is -2.11. The van der Waals surface area contributed by atoms with Gasteiger partial charge in [-0.3, -0.25) is 9.52 Å². The first-order valence-corrected chi connectivity index (χ1v) is 13.8. The fourth-order valence-electron chi connectivity index (χ4n) is 3.87. The second-order valence-electron chi connectivity index (χ2n) is 9.04. The van der Waals surface area contributed by atoms with Crippen molar-refractivity contribution in [3.63, 3.8) is 0 Å². The molecule has 0 fully saturated rings. The maximum Gasteiger partial charge on any atom is 0.328 e. The topological polar surface area (TPSA) is 141 Å². The molecule has 1 aromatic heterocycles. The van der Waals surface area contributed by atoms with E-state index in [9.17, 15) is 18.0 Å². The van der Waals surface area contributed by atoms with E-state index in [1.54, 1.807) is 36.4 Å². The fraction of sp³-hybridized carbons (Fsp3) is 0.0667. The number of anilines is 2. The fourth-order valence-corrected chi connectivity index (χ4v) is 4.93. The Morgan fingerprint density at radius 3 is 2.05 bits per heavy atom. The number of rotatable bonds is 8. The lowest BCUT2D eigenvalue weighted by molar-refractivity contribution is -0.135. The molecule has 0 saturated carbocycles. The van der Waals surface area contributed by atoms with Gasteiger partial charge in [0.05, 0.1) is 4.90 Å². The van der Waals surface area contributed by atoms with Crippen LogP contribution in [0, 0.1) is 0 Å². The van der Waals surface area contributed by atoms with E-state index in [0.717, 1.165) is 16.5 Å². The monoisotopic (exact) mass is 555 g/mol. The van der Waals surface area contributed by atoms with Gasteiger partial charge in [0.1, 0.15) is 17.4 Å². The van der Waals surface area contributed by atoms with Crippen LogP contribution in [0.2, 0.25) is 0 Å². The van der Waals surface area contributed by atoms with E-state index >= 15 is 0 Å². The van der Waals surface area contributed by atoms with Crippen molar-refractivity contribution in [3.05, 3.63) is 109 Å². The number of hydrogen-bond acceptors (Lipinski definition) is 7. The van der Waals surface area contributed by atoms with Crippen LogP contribution in [0.3, 0.4) is 0 Å². The maximum absolute atomic E-state index is 12.9. The molecule has 5 aromatic rings. The molecule has 0 bridgehead atoms. The molecular weight excluding hydrogens is 530 g/mol. The van der Waals surface area contributed by atoms with E-state index in [0.29, 0.717) is 17.0 Å². The van der Waals surface area contributed by atoms with Crippen molar-refractivity contribution in [1.29, 1.82) is 0 Å². The van der Waals surface area contributed by atoms with E-state index in [-0.39, 0.29) is 22.3 Å². The minimum Gasteiger partial charge on any atom is -0.451 e. The molecule has 0 unspecified atom stereocenters. The van der Waals surface area contributed by atoms with Gasteiger partial charge >= 0.3 is 5.97 Å². The van der Waals surface area contributed by atoms with Crippen molar-refractivity contribution in [2.24, 2.45) is 5.73 Å². The highest BCUT2D eigenvalue weighted by atomic mass is 32.2. The third-order valence-corrected chi connectivity index (χ3v) is 7.38. The number of nitrogens with two attached hydrogens (primary N) is 1. The number of furan rings is 1. The largest absolute Gasteiger partial charge is 0.451 e. The highest BCUT2D eigenvalue weighted by Gasteiger charge is 2.16. The quantitative estimate of drug-likeness (QED) is 0.172. The van der Waals surface area contributed by atoms with Crippen LogP contribution in [-0.4, -0.2) is 26.3 Å².